The van der Waals surface area contributed by atoms with Crippen LogP contribution in [0.2, 0.25) is 0 Å². The molecular weight excluding hydrogens is 504 g/mol. The van der Waals surface area contributed by atoms with E-state index in [4.69, 9.17) is 18.9 Å². The fourth-order valence-corrected chi connectivity index (χ4v) is 3.83. The number of hydrogen-bond acceptors (Lipinski definition) is 6. The lowest BCUT2D eigenvalue weighted by molar-refractivity contribution is -0.102. The van der Waals surface area contributed by atoms with E-state index in [1.165, 1.54) is 0 Å². The van der Waals surface area contributed by atoms with E-state index in [0.717, 1.165) is 28.7 Å². The molecule has 3 aromatic carbocycles. The normalized spacial score (nSPS) is 12.7. The van der Waals surface area contributed by atoms with Gasteiger partial charge in [0.25, 0.3) is 0 Å². The van der Waals surface area contributed by atoms with Crippen LogP contribution in [0.4, 0.5) is 4.79 Å². The highest BCUT2D eigenvalue weighted by Crippen LogP contribution is 2.21. The fraction of sp³-hybridized carbons (Fsp3) is 0.265. The van der Waals surface area contributed by atoms with Crippen molar-refractivity contribution >= 4 is 24.4 Å². The minimum absolute atomic E-state index is 0.237. The summed E-state index contributed by atoms with van der Waals surface area (Å²) in [4.78, 5) is 12.5. The van der Waals surface area contributed by atoms with Gasteiger partial charge >= 0.3 is 6.16 Å². The predicted molar refractivity (Wildman–Crippen MR) is 160 cm³/mol. The van der Waals surface area contributed by atoms with E-state index < -0.39 is 11.8 Å². The van der Waals surface area contributed by atoms with Crippen LogP contribution in [0.25, 0.3) is 18.2 Å². The number of phenols is 1. The molecule has 0 aliphatic rings. The monoisotopic (exact) mass is 542 g/mol. The summed E-state index contributed by atoms with van der Waals surface area (Å²) in [5.41, 5.74) is 3.23. The van der Waals surface area contributed by atoms with Crippen molar-refractivity contribution in [3.05, 3.63) is 113 Å². The molecule has 3 rings (SSSR count). The van der Waals surface area contributed by atoms with Crippen molar-refractivity contribution in [2.45, 2.75) is 52.4 Å². The van der Waals surface area contributed by atoms with Gasteiger partial charge in [0.15, 0.2) is 6.29 Å². The molecule has 0 bridgehead atoms. The number of carbonyl (C=O) groups is 1. The Morgan fingerprint density at radius 3 is 1.95 bits per heavy atom. The Labute approximate surface area is 237 Å². The molecule has 0 radical (unpaired) electrons. The first-order valence-corrected chi connectivity index (χ1v) is 13.4. The Morgan fingerprint density at radius 1 is 0.825 bits per heavy atom. The van der Waals surface area contributed by atoms with Crippen LogP contribution in [0.1, 0.15) is 56.4 Å². The van der Waals surface area contributed by atoms with Crippen LogP contribution >= 0.6 is 0 Å². The van der Waals surface area contributed by atoms with Gasteiger partial charge in [-0.2, -0.15) is 0 Å². The summed E-state index contributed by atoms with van der Waals surface area (Å²) in [7, 11) is 0. The van der Waals surface area contributed by atoms with Gasteiger partial charge in [0.05, 0.1) is 6.26 Å². The molecule has 1 N–H and O–H groups in total. The molecule has 0 amide bonds. The van der Waals surface area contributed by atoms with Gasteiger partial charge < -0.3 is 24.1 Å². The van der Waals surface area contributed by atoms with Crippen molar-refractivity contribution in [3.8, 4) is 11.5 Å². The molecule has 0 heterocycles. The number of benzene rings is 3. The Kier molecular flexibility index (Phi) is 11.6. The average molecular weight is 543 g/mol. The zero-order valence-corrected chi connectivity index (χ0v) is 23.6. The molecular formula is C34H38O6. The number of allylic oxidation sites excluding steroid dienone is 2. The quantitative estimate of drug-likeness (QED) is 0.0768. The molecule has 3 aromatic rings. The average Bonchev–Trinajstić information content (AvgIpc) is 2.93. The maximum atomic E-state index is 12.5. The largest absolute Gasteiger partial charge is 0.514 e. The van der Waals surface area contributed by atoms with E-state index in [9.17, 15) is 9.90 Å². The van der Waals surface area contributed by atoms with Crippen LogP contribution in [-0.2, 0) is 20.6 Å². The molecule has 0 saturated heterocycles. The van der Waals surface area contributed by atoms with Gasteiger partial charge in [0, 0.05) is 19.4 Å². The summed E-state index contributed by atoms with van der Waals surface area (Å²) < 4.78 is 22.1. The highest BCUT2D eigenvalue weighted by atomic mass is 16.7. The Hall–Kier alpha value is -4.29. The van der Waals surface area contributed by atoms with Crippen LogP contribution in [0, 0.1) is 0 Å². The fourth-order valence-electron chi connectivity index (χ4n) is 3.83. The molecule has 1 unspecified atom stereocenters. The maximum Gasteiger partial charge on any atom is 0.514 e. The lowest BCUT2D eigenvalue weighted by Gasteiger charge is -2.24. The molecule has 40 heavy (non-hydrogen) atoms. The molecule has 6 heteroatoms. The van der Waals surface area contributed by atoms with Gasteiger partial charge in [0.2, 0.25) is 0 Å². The van der Waals surface area contributed by atoms with E-state index in [1.807, 2.05) is 107 Å². The first kappa shape index (κ1) is 30.3. The highest BCUT2D eigenvalue weighted by Gasteiger charge is 2.25. The molecule has 0 saturated carbocycles. The number of aromatic hydroxyl groups is 1. The molecule has 210 valence electrons. The second-order valence-corrected chi connectivity index (χ2v) is 9.74. The van der Waals surface area contributed by atoms with Gasteiger partial charge in [0.1, 0.15) is 17.1 Å². The van der Waals surface area contributed by atoms with E-state index >= 15 is 0 Å². The summed E-state index contributed by atoms with van der Waals surface area (Å²) in [5, 5.41) is 9.34. The molecule has 0 aliphatic carbocycles. The summed E-state index contributed by atoms with van der Waals surface area (Å²) in [6.07, 6.45) is 11.6. The summed E-state index contributed by atoms with van der Waals surface area (Å²) in [5.74, 6) is 0.650. The van der Waals surface area contributed by atoms with Crippen LogP contribution < -0.4 is 4.74 Å². The van der Waals surface area contributed by atoms with Crippen LogP contribution in [0.5, 0.6) is 11.5 Å². The van der Waals surface area contributed by atoms with Gasteiger partial charge in [-0.3, -0.25) is 0 Å². The third-order valence-corrected chi connectivity index (χ3v) is 5.81. The van der Waals surface area contributed by atoms with Crippen molar-refractivity contribution in [2.75, 3.05) is 6.61 Å². The number of hydrogen-bond donors (Lipinski definition) is 1. The van der Waals surface area contributed by atoms with E-state index in [2.05, 4.69) is 0 Å². The van der Waals surface area contributed by atoms with Crippen molar-refractivity contribution < 1.29 is 28.8 Å². The van der Waals surface area contributed by atoms with Gasteiger partial charge in [-0.05, 0) is 73.4 Å². The number of phenolic OH excluding ortho intramolecular Hbond substituents is 1. The third kappa shape index (κ3) is 10.8. The van der Waals surface area contributed by atoms with Crippen LogP contribution in [-0.4, -0.2) is 29.8 Å². The van der Waals surface area contributed by atoms with Crippen LogP contribution in [0.15, 0.2) is 91.2 Å². The lowest BCUT2D eigenvalue weighted by atomic mass is 9.97. The highest BCUT2D eigenvalue weighted by molar-refractivity contribution is 5.65. The third-order valence-electron chi connectivity index (χ3n) is 5.81. The second kappa shape index (κ2) is 15.3. The van der Waals surface area contributed by atoms with Gasteiger partial charge in [-0.15, -0.1) is 0 Å². The molecule has 0 aromatic heterocycles. The second-order valence-electron chi connectivity index (χ2n) is 9.74. The predicted octanol–water partition coefficient (Wildman–Crippen LogP) is 8.42. The molecule has 1 atom stereocenters. The summed E-state index contributed by atoms with van der Waals surface area (Å²) >= 11 is 0. The Morgan fingerprint density at radius 2 is 1.38 bits per heavy atom. The van der Waals surface area contributed by atoms with E-state index in [-0.39, 0.29) is 12.0 Å². The maximum absolute atomic E-state index is 12.5. The molecule has 0 spiro atoms. The SMILES string of the molecule is CCOC(CC)OC=Cc1ccc(CC(C)(C)OC(=O)Oc2ccc(C=CC=Cc3ccc(O)cc3)cc2)cc1. The lowest BCUT2D eigenvalue weighted by Crippen LogP contribution is -2.32. The summed E-state index contributed by atoms with van der Waals surface area (Å²) in [6.45, 7) is 8.28. The van der Waals surface area contributed by atoms with Crippen molar-refractivity contribution in [1.29, 1.82) is 0 Å². The van der Waals surface area contributed by atoms with E-state index in [1.54, 1.807) is 30.5 Å². The molecule has 0 fully saturated rings. The molecule has 0 aliphatic heterocycles. The van der Waals surface area contributed by atoms with Crippen molar-refractivity contribution in [2.24, 2.45) is 0 Å². The zero-order valence-electron chi connectivity index (χ0n) is 23.6. The van der Waals surface area contributed by atoms with Gasteiger partial charge in [-0.1, -0.05) is 79.8 Å². The van der Waals surface area contributed by atoms with Crippen molar-refractivity contribution in [3.63, 3.8) is 0 Å². The minimum atomic E-state index is -0.754. The minimum Gasteiger partial charge on any atom is -0.508 e. The van der Waals surface area contributed by atoms with Crippen LogP contribution in [0.3, 0.4) is 0 Å². The number of ether oxygens (including phenoxy) is 4. The topological polar surface area (TPSA) is 74.2 Å². The smallest absolute Gasteiger partial charge is 0.508 e. The van der Waals surface area contributed by atoms with E-state index in [0.29, 0.717) is 18.8 Å². The standard InChI is InChI=1S/C34H38O6/c1-5-32(37-6-2)38-24-23-28-11-13-29(14-12-28)25-34(3,4)40-33(36)39-31-21-17-27(18-22-31)10-8-7-9-26-15-19-30(35)20-16-26/h7-24,32,35H,5-6,25H2,1-4H3. The Bertz CT molecular complexity index is 1270. The summed E-state index contributed by atoms with van der Waals surface area (Å²) in [6, 6.07) is 22.1. The Balaban J connectivity index is 1.45. The first-order valence-electron chi connectivity index (χ1n) is 13.4. The first-order chi connectivity index (χ1) is 19.3. The van der Waals surface area contributed by atoms with Crippen molar-refractivity contribution in [1.82, 2.24) is 0 Å². The number of carbonyl (C=O) groups excluding carboxylic acids is 1. The number of rotatable bonds is 13. The van der Waals surface area contributed by atoms with Gasteiger partial charge in [-0.25, -0.2) is 4.79 Å². The molecule has 6 nitrogen and oxygen atoms in total. The zero-order chi connectivity index (χ0) is 28.8.